The molecule has 0 aliphatic heterocycles. The van der Waals surface area contributed by atoms with Crippen LogP contribution in [0.25, 0.3) is 0 Å². The number of nitrogens with one attached hydrogen (secondary N) is 1. The van der Waals surface area contributed by atoms with Crippen molar-refractivity contribution in [2.45, 2.75) is 64.5 Å². The summed E-state index contributed by atoms with van der Waals surface area (Å²) >= 11 is 0. The summed E-state index contributed by atoms with van der Waals surface area (Å²) in [6.45, 7) is 5.33. The Labute approximate surface area is 88.6 Å². The van der Waals surface area contributed by atoms with Gasteiger partial charge in [-0.05, 0) is 18.8 Å². The van der Waals surface area contributed by atoms with Gasteiger partial charge in [-0.1, -0.05) is 39.5 Å². The van der Waals surface area contributed by atoms with Crippen LogP contribution in [-0.4, -0.2) is 18.6 Å². The van der Waals surface area contributed by atoms with Crippen LogP contribution in [-0.2, 0) is 0 Å². The van der Waals surface area contributed by atoms with E-state index in [1.807, 2.05) is 0 Å². The van der Waals surface area contributed by atoms with Crippen LogP contribution in [0.3, 0.4) is 0 Å². The summed E-state index contributed by atoms with van der Waals surface area (Å²) in [6, 6.07) is 1.27. The van der Waals surface area contributed by atoms with Gasteiger partial charge in [0.2, 0.25) is 0 Å². The summed E-state index contributed by atoms with van der Waals surface area (Å²) in [5, 5.41) is 3.73. The number of hydrogen-bond acceptors (Lipinski definition) is 2. The Hall–Kier alpha value is -0.0800. The molecule has 0 saturated heterocycles. The van der Waals surface area contributed by atoms with E-state index in [1.165, 1.54) is 38.5 Å². The number of nitrogens with two attached hydrogens (primary N) is 1. The predicted octanol–water partition coefficient (Wildman–Crippen LogP) is 2.28. The van der Waals surface area contributed by atoms with E-state index in [1.54, 1.807) is 0 Å². The predicted molar refractivity (Wildman–Crippen MR) is 62.3 cm³/mol. The third kappa shape index (κ3) is 3.58. The van der Waals surface area contributed by atoms with Gasteiger partial charge in [-0.3, -0.25) is 0 Å². The molecule has 3 N–H and O–H groups in total. The highest BCUT2D eigenvalue weighted by Gasteiger charge is 2.19. The molecule has 0 bridgehead atoms. The third-order valence-electron chi connectivity index (χ3n) is 3.64. The molecule has 1 aliphatic carbocycles. The molecule has 0 aromatic rings. The van der Waals surface area contributed by atoms with Crippen LogP contribution in [0.2, 0.25) is 0 Å². The van der Waals surface area contributed by atoms with Gasteiger partial charge < -0.3 is 11.1 Å². The van der Waals surface area contributed by atoms with Crippen molar-refractivity contribution >= 4 is 0 Å². The van der Waals surface area contributed by atoms with Crippen LogP contribution in [0.1, 0.15) is 52.4 Å². The Morgan fingerprint density at radius 1 is 1.29 bits per heavy atom. The zero-order chi connectivity index (χ0) is 10.4. The maximum atomic E-state index is 5.80. The normalized spacial score (nSPS) is 23.4. The van der Waals surface area contributed by atoms with Gasteiger partial charge in [-0.25, -0.2) is 0 Å². The van der Waals surface area contributed by atoms with Crippen molar-refractivity contribution in [3.05, 3.63) is 0 Å². The molecule has 14 heavy (non-hydrogen) atoms. The molecule has 1 fully saturated rings. The van der Waals surface area contributed by atoms with Gasteiger partial charge in [0.1, 0.15) is 0 Å². The average molecular weight is 198 g/mol. The molecule has 1 saturated carbocycles. The van der Waals surface area contributed by atoms with Gasteiger partial charge in [0.25, 0.3) is 0 Å². The van der Waals surface area contributed by atoms with E-state index in [0.717, 1.165) is 12.6 Å². The highest BCUT2D eigenvalue weighted by atomic mass is 15.0. The van der Waals surface area contributed by atoms with Crippen molar-refractivity contribution in [1.29, 1.82) is 0 Å². The van der Waals surface area contributed by atoms with E-state index in [0.29, 0.717) is 12.0 Å². The zero-order valence-corrected chi connectivity index (χ0v) is 9.76. The molecule has 2 nitrogen and oxygen atoms in total. The lowest BCUT2D eigenvalue weighted by Gasteiger charge is -2.30. The van der Waals surface area contributed by atoms with Gasteiger partial charge >= 0.3 is 0 Å². The molecule has 0 heterocycles. The number of hydrogen-bond donors (Lipinski definition) is 2. The largest absolute Gasteiger partial charge is 0.329 e. The number of rotatable bonds is 5. The minimum Gasteiger partial charge on any atom is -0.329 e. The minimum absolute atomic E-state index is 0.531. The molecule has 0 aromatic carbocycles. The first-order valence-corrected chi connectivity index (χ1v) is 6.24. The van der Waals surface area contributed by atoms with Gasteiger partial charge in [0.05, 0.1) is 0 Å². The lowest BCUT2D eigenvalue weighted by atomic mass is 9.92. The first kappa shape index (κ1) is 12.0. The summed E-state index contributed by atoms with van der Waals surface area (Å²) in [5.74, 6) is 0.710. The van der Waals surface area contributed by atoms with Crippen molar-refractivity contribution in [2.75, 3.05) is 6.54 Å². The maximum Gasteiger partial charge on any atom is 0.0218 e. The standard InChI is InChI=1S/C12H26N2/c1-3-10(2)12(9-13)14-11-7-5-4-6-8-11/h10-12,14H,3-9,13H2,1-2H3. The summed E-state index contributed by atoms with van der Waals surface area (Å²) in [7, 11) is 0. The van der Waals surface area contributed by atoms with Crippen LogP contribution in [0.15, 0.2) is 0 Å². The Morgan fingerprint density at radius 2 is 1.93 bits per heavy atom. The summed E-state index contributed by atoms with van der Waals surface area (Å²) in [5.41, 5.74) is 5.80. The van der Waals surface area contributed by atoms with E-state index in [2.05, 4.69) is 19.2 Å². The van der Waals surface area contributed by atoms with Crippen LogP contribution >= 0.6 is 0 Å². The van der Waals surface area contributed by atoms with E-state index >= 15 is 0 Å². The van der Waals surface area contributed by atoms with E-state index in [-0.39, 0.29) is 0 Å². The van der Waals surface area contributed by atoms with Crippen molar-refractivity contribution < 1.29 is 0 Å². The lowest BCUT2D eigenvalue weighted by molar-refractivity contribution is 0.288. The van der Waals surface area contributed by atoms with Gasteiger partial charge in [-0.2, -0.15) is 0 Å². The van der Waals surface area contributed by atoms with Crippen molar-refractivity contribution in [3.63, 3.8) is 0 Å². The average Bonchev–Trinajstić information content (AvgIpc) is 2.26. The van der Waals surface area contributed by atoms with Crippen LogP contribution < -0.4 is 11.1 Å². The van der Waals surface area contributed by atoms with Crippen LogP contribution in [0, 0.1) is 5.92 Å². The molecule has 1 rings (SSSR count). The van der Waals surface area contributed by atoms with Crippen LogP contribution in [0.4, 0.5) is 0 Å². The Kier molecular flexibility index (Phi) is 5.49. The van der Waals surface area contributed by atoms with Crippen LogP contribution in [0.5, 0.6) is 0 Å². The molecule has 2 atom stereocenters. The fraction of sp³-hybridized carbons (Fsp3) is 1.00. The molecule has 0 radical (unpaired) electrons. The first-order valence-electron chi connectivity index (χ1n) is 6.24. The Balaban J connectivity index is 2.30. The molecule has 1 aliphatic rings. The van der Waals surface area contributed by atoms with E-state index < -0.39 is 0 Å². The fourth-order valence-corrected chi connectivity index (χ4v) is 2.32. The zero-order valence-electron chi connectivity index (χ0n) is 9.76. The van der Waals surface area contributed by atoms with E-state index in [4.69, 9.17) is 5.73 Å². The van der Waals surface area contributed by atoms with Crippen molar-refractivity contribution in [3.8, 4) is 0 Å². The highest BCUT2D eigenvalue weighted by Crippen LogP contribution is 2.19. The lowest BCUT2D eigenvalue weighted by Crippen LogP contribution is -2.47. The SMILES string of the molecule is CCC(C)C(CN)NC1CCCCC1. The fourth-order valence-electron chi connectivity index (χ4n) is 2.32. The molecule has 0 amide bonds. The quantitative estimate of drug-likeness (QED) is 0.711. The summed E-state index contributed by atoms with van der Waals surface area (Å²) in [4.78, 5) is 0. The summed E-state index contributed by atoms with van der Waals surface area (Å²) in [6.07, 6.45) is 8.15. The molecule has 84 valence electrons. The molecule has 0 aromatic heterocycles. The minimum atomic E-state index is 0.531. The smallest absolute Gasteiger partial charge is 0.0218 e. The molecule has 0 spiro atoms. The second-order valence-electron chi connectivity index (χ2n) is 4.73. The molecule has 2 heteroatoms. The molecular weight excluding hydrogens is 172 g/mol. The van der Waals surface area contributed by atoms with Crippen molar-refractivity contribution in [1.82, 2.24) is 5.32 Å². The monoisotopic (exact) mass is 198 g/mol. The second kappa shape index (κ2) is 6.41. The topological polar surface area (TPSA) is 38.0 Å². The molecule has 2 unspecified atom stereocenters. The second-order valence-corrected chi connectivity index (χ2v) is 4.73. The van der Waals surface area contributed by atoms with Gasteiger partial charge in [-0.15, -0.1) is 0 Å². The summed E-state index contributed by atoms with van der Waals surface area (Å²) < 4.78 is 0. The molecular formula is C12H26N2. The van der Waals surface area contributed by atoms with E-state index in [9.17, 15) is 0 Å². The van der Waals surface area contributed by atoms with Gasteiger partial charge in [0.15, 0.2) is 0 Å². The Morgan fingerprint density at radius 3 is 2.43 bits per heavy atom. The van der Waals surface area contributed by atoms with Gasteiger partial charge in [0, 0.05) is 18.6 Å². The third-order valence-corrected chi connectivity index (χ3v) is 3.64. The first-order chi connectivity index (χ1) is 6.77. The highest BCUT2D eigenvalue weighted by molar-refractivity contribution is 4.80. The maximum absolute atomic E-state index is 5.80. The Bertz CT molecular complexity index is 141. The van der Waals surface area contributed by atoms with Crippen molar-refractivity contribution in [2.24, 2.45) is 11.7 Å².